The summed E-state index contributed by atoms with van der Waals surface area (Å²) in [6.07, 6.45) is 3.69. The maximum absolute atomic E-state index is 5.88. The van der Waals surface area contributed by atoms with Crippen molar-refractivity contribution in [1.82, 2.24) is 19.9 Å². The summed E-state index contributed by atoms with van der Waals surface area (Å²) < 4.78 is 2.23. The number of thiazole rings is 1. The van der Waals surface area contributed by atoms with Gasteiger partial charge in [0.25, 0.3) is 0 Å². The van der Waals surface area contributed by atoms with E-state index in [1.165, 1.54) is 5.56 Å². The summed E-state index contributed by atoms with van der Waals surface area (Å²) in [6, 6.07) is 16.7. The second-order valence-electron chi connectivity index (χ2n) is 8.38. The predicted octanol–water partition coefficient (Wildman–Crippen LogP) is 5.19. The van der Waals surface area contributed by atoms with Crippen LogP contribution in [0.15, 0.2) is 66.3 Å². The Kier molecular flexibility index (Phi) is 5.64. The van der Waals surface area contributed by atoms with Crippen LogP contribution < -0.4 is 15.1 Å². The Hall–Kier alpha value is -3.23. The van der Waals surface area contributed by atoms with Gasteiger partial charge in [0, 0.05) is 54.6 Å². The minimum absolute atomic E-state index is 0.0440. The van der Waals surface area contributed by atoms with Crippen molar-refractivity contribution in [2.24, 2.45) is 0 Å². The van der Waals surface area contributed by atoms with Crippen molar-refractivity contribution in [3.63, 3.8) is 0 Å². The van der Waals surface area contributed by atoms with E-state index < -0.39 is 0 Å². The van der Waals surface area contributed by atoms with Gasteiger partial charge in [-0.25, -0.2) is 4.98 Å². The molecule has 4 heterocycles. The van der Waals surface area contributed by atoms with Gasteiger partial charge < -0.3 is 15.1 Å². The maximum atomic E-state index is 5.88. The molecule has 0 aliphatic carbocycles. The number of hydrogen-bond acceptors (Lipinski definition) is 5. The Labute approximate surface area is 203 Å². The third-order valence-corrected chi connectivity index (χ3v) is 7.21. The lowest BCUT2D eigenvalue weighted by atomic mass is 9.96. The van der Waals surface area contributed by atoms with E-state index in [2.05, 4.69) is 79.9 Å². The molecule has 1 N–H and O–H groups in total. The van der Waals surface area contributed by atoms with Gasteiger partial charge in [-0.15, -0.1) is 11.3 Å². The molecule has 4 aromatic rings. The second-order valence-corrected chi connectivity index (χ2v) is 9.64. The number of pyridine rings is 1. The number of thiocarbonyl (C=S) groups is 1. The molecule has 0 saturated carbocycles. The molecule has 8 heteroatoms. The highest BCUT2D eigenvalue weighted by Gasteiger charge is 2.42. The molecule has 168 valence electrons. The van der Waals surface area contributed by atoms with Crippen molar-refractivity contribution in [3.05, 3.63) is 88.9 Å². The van der Waals surface area contributed by atoms with Crippen molar-refractivity contribution in [2.75, 3.05) is 23.9 Å². The minimum atomic E-state index is -0.0718. The molecule has 3 aromatic heterocycles. The number of benzene rings is 1. The van der Waals surface area contributed by atoms with Crippen LogP contribution in [0.25, 0.3) is 5.13 Å². The zero-order valence-corrected chi connectivity index (χ0v) is 20.7. The van der Waals surface area contributed by atoms with Gasteiger partial charge in [0.2, 0.25) is 0 Å². The number of anilines is 2. The number of rotatable bonds is 5. The fourth-order valence-electron chi connectivity index (χ4n) is 4.57. The van der Waals surface area contributed by atoms with Crippen LogP contribution in [0.3, 0.4) is 0 Å². The Morgan fingerprint density at radius 3 is 2.45 bits per heavy atom. The largest absolute Gasteiger partial charge is 0.378 e. The Morgan fingerprint density at radius 2 is 1.82 bits per heavy atom. The summed E-state index contributed by atoms with van der Waals surface area (Å²) >= 11 is 7.52. The van der Waals surface area contributed by atoms with E-state index in [1.54, 1.807) is 11.3 Å². The average Bonchev–Trinajstić information content (AvgIpc) is 3.52. The molecule has 2 atom stereocenters. The molecule has 33 heavy (non-hydrogen) atoms. The standard InChI is InChI=1S/C25H26N6S2/c1-16-15-20(17(2)30(16)25-27-13-14-33-25)23-22(21-7-5-6-12-26-21)28-24(32)31(23)19-10-8-18(9-11-19)29(3)4/h5-15,22-23H,1-4H3,(H,28,32)/t22-,23-/m1/s1. The van der Waals surface area contributed by atoms with Crippen LogP contribution in [0.5, 0.6) is 0 Å². The van der Waals surface area contributed by atoms with Crippen LogP contribution in [0.4, 0.5) is 11.4 Å². The highest BCUT2D eigenvalue weighted by Crippen LogP contribution is 2.44. The van der Waals surface area contributed by atoms with Crippen molar-refractivity contribution >= 4 is 40.0 Å². The lowest BCUT2D eigenvalue weighted by Crippen LogP contribution is -2.29. The Balaban J connectivity index is 1.65. The first-order valence-corrected chi connectivity index (χ1v) is 12.1. The molecule has 0 spiro atoms. The van der Waals surface area contributed by atoms with Gasteiger partial charge in [-0.1, -0.05) is 6.07 Å². The Bertz CT molecular complexity index is 1260. The molecule has 1 aliphatic rings. The third kappa shape index (κ3) is 3.79. The second kappa shape index (κ2) is 8.61. The topological polar surface area (TPSA) is 49.2 Å². The van der Waals surface area contributed by atoms with Crippen LogP contribution >= 0.6 is 23.6 Å². The van der Waals surface area contributed by atoms with Gasteiger partial charge >= 0.3 is 0 Å². The zero-order valence-electron chi connectivity index (χ0n) is 19.1. The van der Waals surface area contributed by atoms with E-state index in [0.717, 1.165) is 33.6 Å². The quantitative estimate of drug-likeness (QED) is 0.402. The monoisotopic (exact) mass is 474 g/mol. The Morgan fingerprint density at radius 1 is 1.03 bits per heavy atom. The number of nitrogens with one attached hydrogen (secondary N) is 1. The first kappa shape index (κ1) is 21.6. The molecule has 0 amide bonds. The number of nitrogens with zero attached hydrogens (tertiary/aromatic N) is 5. The fraction of sp³-hybridized carbons (Fsp3) is 0.240. The van der Waals surface area contributed by atoms with Gasteiger partial charge in [-0.3, -0.25) is 9.55 Å². The number of hydrogen-bond donors (Lipinski definition) is 1. The first-order chi connectivity index (χ1) is 16.0. The van der Waals surface area contributed by atoms with E-state index in [4.69, 9.17) is 12.2 Å². The molecule has 0 bridgehead atoms. The van der Waals surface area contributed by atoms with Crippen LogP contribution in [0.1, 0.15) is 34.7 Å². The maximum Gasteiger partial charge on any atom is 0.193 e. The van der Waals surface area contributed by atoms with Crippen molar-refractivity contribution in [1.29, 1.82) is 0 Å². The molecule has 5 rings (SSSR count). The molecule has 1 fully saturated rings. The van der Waals surface area contributed by atoms with Gasteiger partial charge in [0.1, 0.15) is 0 Å². The molecule has 1 aromatic carbocycles. The highest BCUT2D eigenvalue weighted by atomic mass is 32.1. The van der Waals surface area contributed by atoms with E-state index in [9.17, 15) is 0 Å². The van der Waals surface area contributed by atoms with E-state index in [0.29, 0.717) is 5.11 Å². The fourth-order valence-corrected chi connectivity index (χ4v) is 5.67. The first-order valence-electron chi connectivity index (χ1n) is 10.8. The molecule has 6 nitrogen and oxygen atoms in total. The van der Waals surface area contributed by atoms with Gasteiger partial charge in [0.15, 0.2) is 10.2 Å². The minimum Gasteiger partial charge on any atom is -0.378 e. The molecule has 0 unspecified atom stereocenters. The van der Waals surface area contributed by atoms with Gasteiger partial charge in [0.05, 0.1) is 17.8 Å². The summed E-state index contributed by atoms with van der Waals surface area (Å²) in [4.78, 5) is 13.5. The average molecular weight is 475 g/mol. The van der Waals surface area contributed by atoms with Crippen molar-refractivity contribution in [3.8, 4) is 5.13 Å². The molecular formula is C25H26N6S2. The van der Waals surface area contributed by atoms with Crippen LogP contribution in [0, 0.1) is 13.8 Å². The zero-order chi connectivity index (χ0) is 23.1. The smallest absolute Gasteiger partial charge is 0.193 e. The van der Waals surface area contributed by atoms with E-state index in [1.807, 2.05) is 44.0 Å². The van der Waals surface area contributed by atoms with Crippen LogP contribution in [0.2, 0.25) is 0 Å². The molecule has 0 radical (unpaired) electrons. The number of aromatic nitrogens is 3. The predicted molar refractivity (Wildman–Crippen MR) is 140 cm³/mol. The summed E-state index contributed by atoms with van der Waals surface area (Å²) in [5.41, 5.74) is 6.70. The molecular weight excluding hydrogens is 448 g/mol. The number of aryl methyl sites for hydroxylation is 1. The summed E-state index contributed by atoms with van der Waals surface area (Å²) in [6.45, 7) is 4.29. The van der Waals surface area contributed by atoms with E-state index >= 15 is 0 Å². The SMILES string of the molecule is Cc1cc([C@@H]2[C@@H](c3ccccn3)NC(=S)N2c2ccc(N(C)C)cc2)c(C)n1-c1nccs1. The lowest BCUT2D eigenvalue weighted by Gasteiger charge is -2.28. The van der Waals surface area contributed by atoms with Crippen LogP contribution in [-0.4, -0.2) is 33.7 Å². The summed E-state index contributed by atoms with van der Waals surface area (Å²) in [5.74, 6) is 0. The highest BCUT2D eigenvalue weighted by molar-refractivity contribution is 7.80. The summed E-state index contributed by atoms with van der Waals surface area (Å²) in [7, 11) is 4.09. The summed E-state index contributed by atoms with van der Waals surface area (Å²) in [5, 5.41) is 7.24. The van der Waals surface area contributed by atoms with Gasteiger partial charge in [-0.05, 0) is 74.1 Å². The normalized spacial score (nSPS) is 17.9. The third-order valence-electron chi connectivity index (χ3n) is 6.14. The molecule has 1 aliphatic heterocycles. The van der Waals surface area contributed by atoms with Gasteiger partial charge in [-0.2, -0.15) is 0 Å². The lowest BCUT2D eigenvalue weighted by molar-refractivity contribution is 0.565. The molecule has 1 saturated heterocycles. The van der Waals surface area contributed by atoms with Crippen LogP contribution in [-0.2, 0) is 0 Å². The van der Waals surface area contributed by atoms with E-state index in [-0.39, 0.29) is 12.1 Å². The van der Waals surface area contributed by atoms with Crippen molar-refractivity contribution in [2.45, 2.75) is 25.9 Å². The van der Waals surface area contributed by atoms with Crippen molar-refractivity contribution < 1.29 is 0 Å².